The topological polar surface area (TPSA) is 76.8 Å². The maximum atomic E-state index is 10.9. The Morgan fingerprint density at radius 1 is 1.23 bits per heavy atom. The summed E-state index contributed by atoms with van der Waals surface area (Å²) in [5.41, 5.74) is 9.85. The van der Waals surface area contributed by atoms with Gasteiger partial charge >= 0.3 is 0 Å². The summed E-state index contributed by atoms with van der Waals surface area (Å²) >= 11 is 0. The standard InChI is InChI=1S/C20H25N3O3/c1-15(19-12-17(21)6-9-20(19)22-14-24)23(10-11-25-2)13-16-4-7-18(26-3)8-5-16/h4-9,12,14H,1,10-11,13,21H2,2-3H3,(H,22,24). The Kier molecular flexibility index (Phi) is 7.05. The SMILES string of the molecule is C=C(c1cc(N)ccc1NC=O)N(CCOC)Cc1ccc(OC)cc1. The Balaban J connectivity index is 2.28. The van der Waals surface area contributed by atoms with Crippen LogP contribution in [0.3, 0.4) is 0 Å². The Morgan fingerprint density at radius 3 is 2.58 bits per heavy atom. The normalized spacial score (nSPS) is 10.2. The molecule has 0 saturated heterocycles. The Morgan fingerprint density at radius 2 is 1.96 bits per heavy atom. The van der Waals surface area contributed by atoms with E-state index in [1.54, 1.807) is 26.4 Å². The molecule has 2 rings (SSSR count). The Hall–Kier alpha value is -2.99. The van der Waals surface area contributed by atoms with Crippen LogP contribution in [-0.4, -0.2) is 38.7 Å². The van der Waals surface area contributed by atoms with E-state index in [1.807, 2.05) is 30.3 Å². The number of nitrogens with two attached hydrogens (primary N) is 1. The Bertz CT molecular complexity index is 744. The summed E-state index contributed by atoms with van der Waals surface area (Å²) in [6.07, 6.45) is 0.644. The zero-order chi connectivity index (χ0) is 18.9. The summed E-state index contributed by atoms with van der Waals surface area (Å²) < 4.78 is 10.4. The van der Waals surface area contributed by atoms with Crippen LogP contribution in [0, 0.1) is 0 Å². The second-order valence-corrected chi connectivity index (χ2v) is 5.78. The highest BCUT2D eigenvalue weighted by Gasteiger charge is 2.14. The van der Waals surface area contributed by atoms with Crippen molar-refractivity contribution in [1.82, 2.24) is 4.90 Å². The van der Waals surface area contributed by atoms with Crippen molar-refractivity contribution >= 4 is 23.5 Å². The molecule has 6 heteroatoms. The predicted molar refractivity (Wildman–Crippen MR) is 105 cm³/mol. The van der Waals surface area contributed by atoms with Gasteiger partial charge in [0, 0.05) is 42.8 Å². The molecule has 0 radical (unpaired) electrons. The van der Waals surface area contributed by atoms with Crippen LogP contribution >= 0.6 is 0 Å². The highest BCUT2D eigenvalue weighted by molar-refractivity contribution is 5.83. The van der Waals surface area contributed by atoms with E-state index in [0.717, 1.165) is 22.6 Å². The largest absolute Gasteiger partial charge is 0.497 e. The highest BCUT2D eigenvalue weighted by Crippen LogP contribution is 2.29. The van der Waals surface area contributed by atoms with Crippen LogP contribution in [0.15, 0.2) is 49.0 Å². The molecule has 0 aliphatic carbocycles. The number of anilines is 2. The number of amides is 1. The van der Waals surface area contributed by atoms with E-state index in [4.69, 9.17) is 15.2 Å². The van der Waals surface area contributed by atoms with Crippen molar-refractivity contribution in [2.75, 3.05) is 38.4 Å². The number of rotatable bonds is 10. The zero-order valence-electron chi connectivity index (χ0n) is 15.2. The first-order chi connectivity index (χ1) is 12.6. The van der Waals surface area contributed by atoms with Crippen molar-refractivity contribution in [3.8, 4) is 5.75 Å². The van der Waals surface area contributed by atoms with Crippen LogP contribution in [0.2, 0.25) is 0 Å². The van der Waals surface area contributed by atoms with Gasteiger partial charge in [-0.3, -0.25) is 4.79 Å². The number of hydrogen-bond donors (Lipinski definition) is 2. The quantitative estimate of drug-likeness (QED) is 0.506. The summed E-state index contributed by atoms with van der Waals surface area (Å²) in [7, 11) is 3.30. The van der Waals surface area contributed by atoms with Gasteiger partial charge in [0.25, 0.3) is 0 Å². The number of nitrogens with zero attached hydrogens (tertiary/aromatic N) is 1. The molecule has 0 heterocycles. The number of carbonyl (C=O) groups is 1. The van der Waals surface area contributed by atoms with Crippen molar-refractivity contribution in [1.29, 1.82) is 0 Å². The van der Waals surface area contributed by atoms with Gasteiger partial charge in [-0.25, -0.2) is 0 Å². The first kappa shape index (κ1) is 19.3. The fraction of sp³-hybridized carbons (Fsp3) is 0.250. The first-order valence-corrected chi connectivity index (χ1v) is 8.24. The molecular formula is C20H25N3O3. The third-order valence-electron chi connectivity index (χ3n) is 4.05. The number of nitrogens with one attached hydrogen (secondary N) is 1. The lowest BCUT2D eigenvalue weighted by atomic mass is 10.1. The lowest BCUT2D eigenvalue weighted by Gasteiger charge is -2.28. The van der Waals surface area contributed by atoms with Crippen LogP contribution in [0.1, 0.15) is 11.1 Å². The molecule has 0 saturated carbocycles. The van der Waals surface area contributed by atoms with Gasteiger partial charge in [-0.15, -0.1) is 0 Å². The van der Waals surface area contributed by atoms with E-state index in [0.29, 0.717) is 37.5 Å². The summed E-state index contributed by atoms with van der Waals surface area (Å²) in [5, 5.41) is 2.70. The summed E-state index contributed by atoms with van der Waals surface area (Å²) in [5.74, 6) is 0.810. The molecule has 0 aliphatic rings. The van der Waals surface area contributed by atoms with Crippen LogP contribution in [0.5, 0.6) is 5.75 Å². The average molecular weight is 355 g/mol. The first-order valence-electron chi connectivity index (χ1n) is 8.24. The van der Waals surface area contributed by atoms with E-state index in [-0.39, 0.29) is 0 Å². The van der Waals surface area contributed by atoms with E-state index in [9.17, 15) is 4.79 Å². The van der Waals surface area contributed by atoms with E-state index in [2.05, 4.69) is 16.8 Å². The van der Waals surface area contributed by atoms with Crippen molar-refractivity contribution in [3.63, 3.8) is 0 Å². The monoisotopic (exact) mass is 355 g/mol. The summed E-state index contributed by atoms with van der Waals surface area (Å²) in [4.78, 5) is 13.0. The molecule has 1 amide bonds. The van der Waals surface area contributed by atoms with Crippen molar-refractivity contribution in [3.05, 3.63) is 60.2 Å². The van der Waals surface area contributed by atoms with Crippen molar-refractivity contribution in [2.45, 2.75) is 6.54 Å². The van der Waals surface area contributed by atoms with E-state index >= 15 is 0 Å². The van der Waals surface area contributed by atoms with Gasteiger partial charge in [-0.2, -0.15) is 0 Å². The number of methoxy groups -OCH3 is 2. The number of hydrogen-bond acceptors (Lipinski definition) is 5. The van der Waals surface area contributed by atoms with Crippen LogP contribution in [0.25, 0.3) is 5.70 Å². The minimum atomic E-state index is 0.550. The molecule has 2 aromatic rings. The second kappa shape index (κ2) is 9.48. The highest BCUT2D eigenvalue weighted by atomic mass is 16.5. The fourth-order valence-corrected chi connectivity index (χ4v) is 2.62. The molecule has 0 aromatic heterocycles. The summed E-state index contributed by atoms with van der Waals surface area (Å²) in [6.45, 7) is 6.07. The average Bonchev–Trinajstić information content (AvgIpc) is 2.66. The van der Waals surface area contributed by atoms with E-state index in [1.165, 1.54) is 0 Å². The zero-order valence-corrected chi connectivity index (χ0v) is 15.2. The van der Waals surface area contributed by atoms with Gasteiger partial charge in [-0.1, -0.05) is 18.7 Å². The predicted octanol–water partition coefficient (Wildman–Crippen LogP) is 2.97. The van der Waals surface area contributed by atoms with Gasteiger partial charge in [0.05, 0.1) is 13.7 Å². The van der Waals surface area contributed by atoms with Gasteiger partial charge in [0.1, 0.15) is 5.75 Å². The van der Waals surface area contributed by atoms with Gasteiger partial charge < -0.3 is 25.4 Å². The number of carbonyl (C=O) groups excluding carboxylic acids is 1. The number of benzene rings is 2. The third-order valence-corrected chi connectivity index (χ3v) is 4.05. The lowest BCUT2D eigenvalue weighted by Crippen LogP contribution is -2.25. The van der Waals surface area contributed by atoms with Gasteiger partial charge in [-0.05, 0) is 35.9 Å². The van der Waals surface area contributed by atoms with Crippen molar-refractivity contribution in [2.24, 2.45) is 0 Å². The van der Waals surface area contributed by atoms with Crippen molar-refractivity contribution < 1.29 is 14.3 Å². The molecule has 138 valence electrons. The minimum Gasteiger partial charge on any atom is -0.497 e. The molecule has 0 bridgehead atoms. The molecule has 3 N–H and O–H groups in total. The molecule has 0 atom stereocenters. The number of ether oxygens (including phenoxy) is 2. The maximum absolute atomic E-state index is 10.9. The smallest absolute Gasteiger partial charge is 0.211 e. The van der Waals surface area contributed by atoms with Gasteiger partial charge in [0.15, 0.2) is 0 Å². The molecule has 2 aromatic carbocycles. The van der Waals surface area contributed by atoms with Crippen LogP contribution in [0.4, 0.5) is 11.4 Å². The maximum Gasteiger partial charge on any atom is 0.211 e. The van der Waals surface area contributed by atoms with Crippen LogP contribution in [-0.2, 0) is 16.1 Å². The fourth-order valence-electron chi connectivity index (χ4n) is 2.62. The minimum absolute atomic E-state index is 0.550. The third kappa shape index (κ3) is 5.00. The molecule has 6 nitrogen and oxygen atoms in total. The number of nitrogen functional groups attached to an aromatic ring is 1. The molecule has 0 aliphatic heterocycles. The summed E-state index contributed by atoms with van der Waals surface area (Å²) in [6, 6.07) is 13.2. The lowest BCUT2D eigenvalue weighted by molar-refractivity contribution is -0.105. The Labute approximate surface area is 154 Å². The molecule has 0 unspecified atom stereocenters. The van der Waals surface area contributed by atoms with E-state index < -0.39 is 0 Å². The van der Waals surface area contributed by atoms with Gasteiger partial charge in [0.2, 0.25) is 6.41 Å². The van der Waals surface area contributed by atoms with Crippen LogP contribution < -0.4 is 15.8 Å². The second-order valence-electron chi connectivity index (χ2n) is 5.78. The molecular weight excluding hydrogens is 330 g/mol. The molecule has 26 heavy (non-hydrogen) atoms. The molecule has 0 fully saturated rings. The molecule has 0 spiro atoms.